The molecule has 2 aromatic carbocycles. The van der Waals surface area contributed by atoms with Gasteiger partial charge in [0.15, 0.2) is 0 Å². The second-order valence-corrected chi connectivity index (χ2v) is 8.26. The number of benzene rings is 2. The molecular formula is C25H20FN3O2. The molecule has 31 heavy (non-hydrogen) atoms. The molecular weight excluding hydrogens is 393 g/mol. The first kappa shape index (κ1) is 19.3. The van der Waals surface area contributed by atoms with E-state index >= 15 is 0 Å². The molecule has 3 heterocycles. The molecule has 0 unspecified atom stereocenters. The Bertz CT molecular complexity index is 1270. The number of carbonyl (C=O) groups is 1. The van der Waals surface area contributed by atoms with Gasteiger partial charge >= 0.3 is 0 Å². The largest absolute Gasteiger partial charge is 0.338 e. The SMILES string of the molecule is N#Cc1ccc(C(=O)N2C[C@@H]3C[C@@H](C2)c2c(-c4ccccc4F)ccc(=O)n2C3)cc1. The van der Waals surface area contributed by atoms with Crippen molar-refractivity contribution in [1.29, 1.82) is 5.26 Å². The molecule has 1 amide bonds. The summed E-state index contributed by atoms with van der Waals surface area (Å²) in [5, 5.41) is 8.98. The van der Waals surface area contributed by atoms with Gasteiger partial charge in [-0.3, -0.25) is 9.59 Å². The number of amides is 1. The van der Waals surface area contributed by atoms with Gasteiger partial charge in [-0.2, -0.15) is 5.26 Å². The van der Waals surface area contributed by atoms with Gasteiger partial charge in [0.25, 0.3) is 11.5 Å². The van der Waals surface area contributed by atoms with Crippen molar-refractivity contribution < 1.29 is 9.18 Å². The van der Waals surface area contributed by atoms with Gasteiger partial charge < -0.3 is 9.47 Å². The number of piperidine rings is 1. The number of hydrogen-bond acceptors (Lipinski definition) is 3. The molecule has 0 spiro atoms. The molecule has 0 aliphatic carbocycles. The fourth-order valence-corrected chi connectivity index (χ4v) is 4.96. The Morgan fingerprint density at radius 1 is 0.968 bits per heavy atom. The zero-order chi connectivity index (χ0) is 21.5. The van der Waals surface area contributed by atoms with E-state index in [2.05, 4.69) is 6.07 Å². The minimum Gasteiger partial charge on any atom is -0.338 e. The summed E-state index contributed by atoms with van der Waals surface area (Å²) in [5.41, 5.74) is 2.96. The van der Waals surface area contributed by atoms with E-state index in [1.807, 2.05) is 4.90 Å². The molecule has 6 heteroatoms. The molecule has 2 aliphatic heterocycles. The Hall–Kier alpha value is -3.72. The van der Waals surface area contributed by atoms with Gasteiger partial charge in [-0.15, -0.1) is 0 Å². The first-order valence-corrected chi connectivity index (χ1v) is 10.3. The van der Waals surface area contributed by atoms with Crippen LogP contribution >= 0.6 is 0 Å². The fourth-order valence-electron chi connectivity index (χ4n) is 4.96. The highest BCUT2D eigenvalue weighted by atomic mass is 19.1. The number of carbonyl (C=O) groups excluding carboxylic acids is 1. The van der Waals surface area contributed by atoms with Crippen LogP contribution in [0.25, 0.3) is 11.1 Å². The number of aromatic nitrogens is 1. The lowest BCUT2D eigenvalue weighted by Crippen LogP contribution is -2.49. The van der Waals surface area contributed by atoms with E-state index in [1.54, 1.807) is 53.1 Å². The summed E-state index contributed by atoms with van der Waals surface area (Å²) in [6, 6.07) is 18.5. The molecule has 1 saturated heterocycles. The molecule has 5 rings (SSSR count). The second kappa shape index (κ2) is 7.51. The maximum atomic E-state index is 14.6. The molecule has 0 saturated carbocycles. The third-order valence-electron chi connectivity index (χ3n) is 6.30. The number of hydrogen-bond donors (Lipinski definition) is 0. The maximum Gasteiger partial charge on any atom is 0.253 e. The van der Waals surface area contributed by atoms with Crippen LogP contribution in [0.2, 0.25) is 0 Å². The number of halogens is 1. The van der Waals surface area contributed by atoms with Crippen molar-refractivity contribution in [2.45, 2.75) is 18.9 Å². The summed E-state index contributed by atoms with van der Waals surface area (Å²) in [6.07, 6.45) is 0.863. The third-order valence-corrected chi connectivity index (χ3v) is 6.30. The molecule has 2 bridgehead atoms. The minimum absolute atomic E-state index is 0.0432. The van der Waals surface area contributed by atoms with E-state index in [4.69, 9.17) is 5.26 Å². The van der Waals surface area contributed by atoms with Gasteiger partial charge in [-0.05, 0) is 48.7 Å². The molecule has 2 atom stereocenters. The lowest BCUT2D eigenvalue weighted by molar-refractivity contribution is 0.0595. The van der Waals surface area contributed by atoms with Crippen molar-refractivity contribution in [2.24, 2.45) is 5.92 Å². The molecule has 3 aromatic rings. The van der Waals surface area contributed by atoms with Crippen LogP contribution < -0.4 is 5.56 Å². The Kier molecular flexibility index (Phi) is 4.67. The van der Waals surface area contributed by atoms with Crippen LogP contribution in [0.5, 0.6) is 0 Å². The summed E-state index contributed by atoms with van der Waals surface area (Å²) >= 11 is 0. The summed E-state index contributed by atoms with van der Waals surface area (Å²) in [5.74, 6) is -0.286. The van der Waals surface area contributed by atoms with Gasteiger partial charge in [-0.25, -0.2) is 4.39 Å². The Balaban J connectivity index is 1.53. The predicted octanol–water partition coefficient (Wildman–Crippen LogP) is 3.79. The van der Waals surface area contributed by atoms with Crippen molar-refractivity contribution >= 4 is 5.91 Å². The van der Waals surface area contributed by atoms with Gasteiger partial charge in [0.1, 0.15) is 5.82 Å². The Morgan fingerprint density at radius 3 is 2.48 bits per heavy atom. The zero-order valence-electron chi connectivity index (χ0n) is 16.8. The standard InChI is InChI=1S/C25H20FN3O2/c26-22-4-2-1-3-20(22)21-9-10-23(30)29-14-17-11-19(24(21)29)15-28(13-17)25(31)18-7-5-16(12-27)6-8-18/h1-10,17,19H,11,13-15H2/t17-,19-/m0/s1. The molecule has 5 nitrogen and oxygen atoms in total. The van der Waals surface area contributed by atoms with E-state index in [0.717, 1.165) is 12.1 Å². The molecule has 1 fully saturated rings. The van der Waals surface area contributed by atoms with Crippen molar-refractivity contribution in [3.05, 3.63) is 93.7 Å². The van der Waals surface area contributed by atoms with Crippen molar-refractivity contribution in [1.82, 2.24) is 9.47 Å². The summed E-state index contributed by atoms with van der Waals surface area (Å²) in [6.45, 7) is 1.56. The highest BCUT2D eigenvalue weighted by Crippen LogP contribution is 2.40. The van der Waals surface area contributed by atoms with E-state index in [9.17, 15) is 14.0 Å². The molecule has 0 N–H and O–H groups in total. The molecule has 0 radical (unpaired) electrons. The number of rotatable bonds is 2. The smallest absolute Gasteiger partial charge is 0.253 e. The second-order valence-electron chi connectivity index (χ2n) is 8.26. The monoisotopic (exact) mass is 413 g/mol. The number of pyridine rings is 1. The minimum atomic E-state index is -0.326. The first-order valence-electron chi connectivity index (χ1n) is 10.3. The number of fused-ring (bicyclic) bond motifs is 4. The average Bonchev–Trinajstić information content (AvgIpc) is 2.80. The van der Waals surface area contributed by atoms with Crippen molar-refractivity contribution in [2.75, 3.05) is 13.1 Å². The van der Waals surface area contributed by atoms with E-state index < -0.39 is 0 Å². The molecule has 1 aromatic heterocycles. The van der Waals surface area contributed by atoms with Crippen LogP contribution in [-0.4, -0.2) is 28.5 Å². The molecule has 2 aliphatic rings. The highest BCUT2D eigenvalue weighted by Gasteiger charge is 2.38. The van der Waals surface area contributed by atoms with Crippen molar-refractivity contribution in [3.63, 3.8) is 0 Å². The first-order chi connectivity index (χ1) is 15.0. The van der Waals surface area contributed by atoms with Gasteiger partial charge in [0.2, 0.25) is 0 Å². The van der Waals surface area contributed by atoms with Crippen LogP contribution in [0.3, 0.4) is 0 Å². The van der Waals surface area contributed by atoms with Crippen molar-refractivity contribution in [3.8, 4) is 17.2 Å². The normalized spacial score (nSPS) is 19.4. The average molecular weight is 413 g/mol. The van der Waals surface area contributed by atoms with Crippen LogP contribution in [0.4, 0.5) is 4.39 Å². The summed E-state index contributed by atoms with van der Waals surface area (Å²) in [7, 11) is 0. The lowest BCUT2D eigenvalue weighted by Gasteiger charge is -2.43. The number of nitriles is 1. The van der Waals surface area contributed by atoms with Crippen LogP contribution in [0, 0.1) is 23.1 Å². The Morgan fingerprint density at radius 2 is 1.74 bits per heavy atom. The zero-order valence-corrected chi connectivity index (χ0v) is 16.8. The number of likely N-dealkylation sites (tertiary alicyclic amines) is 1. The lowest BCUT2D eigenvalue weighted by atomic mass is 9.80. The van der Waals surface area contributed by atoms with E-state index in [0.29, 0.717) is 41.9 Å². The summed E-state index contributed by atoms with van der Waals surface area (Å²) in [4.78, 5) is 27.6. The third kappa shape index (κ3) is 3.32. The highest BCUT2D eigenvalue weighted by molar-refractivity contribution is 5.94. The Labute approximate surface area is 179 Å². The fraction of sp³-hybridized carbons (Fsp3) is 0.240. The van der Waals surface area contributed by atoms with Crippen LogP contribution in [0.15, 0.2) is 65.5 Å². The van der Waals surface area contributed by atoms with Gasteiger partial charge in [0.05, 0.1) is 11.6 Å². The quantitative estimate of drug-likeness (QED) is 0.642. The maximum absolute atomic E-state index is 14.6. The van der Waals surface area contributed by atoms with Crippen LogP contribution in [-0.2, 0) is 6.54 Å². The molecule has 154 valence electrons. The predicted molar refractivity (Wildman–Crippen MR) is 114 cm³/mol. The number of nitrogens with zero attached hydrogens (tertiary/aromatic N) is 3. The topological polar surface area (TPSA) is 66.1 Å². The van der Waals surface area contributed by atoms with Crippen LogP contribution in [0.1, 0.15) is 34.0 Å². The summed E-state index contributed by atoms with van der Waals surface area (Å²) < 4.78 is 16.3. The van der Waals surface area contributed by atoms with E-state index in [-0.39, 0.29) is 29.1 Å². The van der Waals surface area contributed by atoms with Gasteiger partial charge in [-0.1, -0.05) is 18.2 Å². The van der Waals surface area contributed by atoms with Gasteiger partial charge in [0, 0.05) is 54.0 Å². The van der Waals surface area contributed by atoms with E-state index in [1.165, 1.54) is 12.1 Å².